The van der Waals surface area contributed by atoms with Gasteiger partial charge in [0.05, 0.1) is 0 Å². The van der Waals surface area contributed by atoms with Gasteiger partial charge in [-0.15, -0.1) is 68.3 Å². The molecule has 4 aromatic rings. The van der Waals surface area contributed by atoms with Gasteiger partial charge in [0, 0.05) is 16.1 Å². The molecule has 2 heterocycles. The molecular weight excluding hydrogens is 535 g/mol. The first-order valence-corrected chi connectivity index (χ1v) is 18.3. The number of halogens is 2. The Morgan fingerprint density at radius 2 is 0.971 bits per heavy atom. The third kappa shape index (κ3) is 5.79. The fourth-order valence-corrected chi connectivity index (χ4v) is 16.1. The average molecular weight is 574 g/mol. The molecule has 184 valence electrons. The molecule has 5 heteroatoms. The quantitative estimate of drug-likeness (QED) is 0.245. The zero-order chi connectivity index (χ0) is 22.0. The fraction of sp³-hybridized carbons (Fsp3) is 0.400. The molecule has 0 spiro atoms. The molecule has 0 saturated carbocycles. The normalized spacial score (nSPS) is 17.0. The largest absolute Gasteiger partial charge is 4.00 e. The van der Waals surface area contributed by atoms with Crippen molar-refractivity contribution in [3.05, 3.63) is 72.8 Å². The number of hydrogen-bond donors (Lipinski definition) is 0. The summed E-state index contributed by atoms with van der Waals surface area (Å²) in [6.45, 7) is 4.69. The Hall–Kier alpha value is -0.612. The summed E-state index contributed by atoms with van der Waals surface area (Å²) < 4.78 is 0. The van der Waals surface area contributed by atoms with E-state index in [0.717, 1.165) is 0 Å². The van der Waals surface area contributed by atoms with Gasteiger partial charge < -0.3 is 24.8 Å². The Morgan fingerprint density at radius 1 is 0.600 bits per heavy atom. The van der Waals surface area contributed by atoms with Gasteiger partial charge >= 0.3 is 21.7 Å². The molecule has 6 rings (SSSR count). The van der Waals surface area contributed by atoms with Crippen molar-refractivity contribution in [1.29, 1.82) is 0 Å². The molecule has 0 bridgehead atoms. The number of rotatable bonds is 6. The van der Waals surface area contributed by atoms with Gasteiger partial charge in [0.2, 0.25) is 0 Å². The molecule has 0 radical (unpaired) electrons. The zero-order valence-electron chi connectivity index (χ0n) is 21.3. The van der Waals surface area contributed by atoms with Crippen molar-refractivity contribution in [1.82, 2.24) is 0 Å². The molecule has 4 aromatic carbocycles. The summed E-state index contributed by atoms with van der Waals surface area (Å²) in [4.78, 5) is 0. The van der Waals surface area contributed by atoms with Crippen molar-refractivity contribution in [2.45, 2.75) is 75.8 Å². The molecule has 0 aromatic heterocycles. The maximum atomic E-state index is 2.44. The van der Waals surface area contributed by atoms with E-state index in [1.54, 1.807) is 21.1 Å². The van der Waals surface area contributed by atoms with Gasteiger partial charge in [0.25, 0.3) is 0 Å². The Labute approximate surface area is 241 Å². The summed E-state index contributed by atoms with van der Waals surface area (Å²) in [7, 11) is -2.06. The van der Waals surface area contributed by atoms with Crippen molar-refractivity contribution in [2.75, 3.05) is 0 Å². The molecule has 2 saturated heterocycles. The zero-order valence-corrected chi connectivity index (χ0v) is 26.3. The van der Waals surface area contributed by atoms with Crippen molar-refractivity contribution in [3.8, 4) is 0 Å². The summed E-state index contributed by atoms with van der Waals surface area (Å²) in [6, 6.07) is 36.5. The molecule has 0 unspecified atom stereocenters. The summed E-state index contributed by atoms with van der Waals surface area (Å²) in [6.07, 6.45) is 5.69. The van der Waals surface area contributed by atoms with Crippen LogP contribution in [0, 0.1) is 0 Å². The molecule has 0 atom stereocenters. The van der Waals surface area contributed by atoms with Crippen LogP contribution in [0.5, 0.6) is 0 Å². The second-order valence-electron chi connectivity index (χ2n) is 10.4. The SMILES string of the molecule is CCC[Si]1([c-]2ccc3ccccc32)CCC1.CCC[Si]1([c-]2ccc3ccccc32)CCC1.[Cl-].[Cl-].[Ti+4]. The van der Waals surface area contributed by atoms with E-state index in [1.807, 2.05) is 0 Å². The molecule has 35 heavy (non-hydrogen) atoms. The standard InChI is InChI=1S/2C15H19Si.2ClH.Ti/c2*1-2-10-16(11-5-12-16)15-9-8-13-6-3-4-7-14(13)15;;;/h2*3-4,6-9H,2,5,10-12H2,1H3;2*1H;/q2*-1;;;+4/p-2. The molecule has 2 aliphatic rings. The van der Waals surface area contributed by atoms with E-state index in [0.29, 0.717) is 0 Å². The van der Waals surface area contributed by atoms with Crippen LogP contribution in [0.1, 0.15) is 39.5 Å². The van der Waals surface area contributed by atoms with E-state index >= 15 is 0 Å². The van der Waals surface area contributed by atoms with E-state index in [4.69, 9.17) is 0 Å². The van der Waals surface area contributed by atoms with Crippen molar-refractivity contribution in [2.24, 2.45) is 0 Å². The van der Waals surface area contributed by atoms with Gasteiger partial charge in [-0.1, -0.05) is 87.9 Å². The topological polar surface area (TPSA) is 0 Å². The van der Waals surface area contributed by atoms with Crippen LogP contribution in [-0.4, -0.2) is 16.1 Å². The second-order valence-corrected chi connectivity index (χ2v) is 19.6. The minimum absolute atomic E-state index is 0. The smallest absolute Gasteiger partial charge is 1.00 e. The van der Waals surface area contributed by atoms with Crippen LogP contribution in [0.2, 0.25) is 36.3 Å². The molecule has 2 aliphatic heterocycles. The van der Waals surface area contributed by atoms with Gasteiger partial charge in [0.1, 0.15) is 0 Å². The van der Waals surface area contributed by atoms with Crippen LogP contribution >= 0.6 is 0 Å². The molecule has 0 nitrogen and oxygen atoms in total. The first-order valence-electron chi connectivity index (χ1n) is 13.0. The van der Waals surface area contributed by atoms with Crippen LogP contribution in [0.25, 0.3) is 21.5 Å². The van der Waals surface area contributed by atoms with Crippen LogP contribution in [0.3, 0.4) is 0 Å². The van der Waals surface area contributed by atoms with Crippen molar-refractivity contribution in [3.63, 3.8) is 0 Å². The number of hydrogen-bond acceptors (Lipinski definition) is 0. The van der Waals surface area contributed by atoms with Crippen LogP contribution < -0.4 is 35.2 Å². The van der Waals surface area contributed by atoms with Gasteiger partial charge in [-0.25, -0.2) is 0 Å². The third-order valence-electron chi connectivity index (χ3n) is 8.58. The van der Waals surface area contributed by atoms with E-state index < -0.39 is 16.1 Å². The number of benzene rings is 2. The van der Waals surface area contributed by atoms with Crippen LogP contribution in [0.15, 0.2) is 72.8 Å². The van der Waals surface area contributed by atoms with Gasteiger partial charge in [-0.2, -0.15) is 24.3 Å². The van der Waals surface area contributed by atoms with Gasteiger partial charge in [-0.3, -0.25) is 0 Å². The predicted octanol–water partition coefficient (Wildman–Crippen LogP) is 2.06. The molecule has 0 amide bonds. The predicted molar refractivity (Wildman–Crippen MR) is 149 cm³/mol. The van der Waals surface area contributed by atoms with Crippen molar-refractivity contribution < 1.29 is 46.5 Å². The summed E-state index contributed by atoms with van der Waals surface area (Å²) in [5, 5.41) is 9.54. The second kappa shape index (κ2) is 13.3. The number of fused-ring (bicyclic) bond motifs is 2. The maximum Gasteiger partial charge on any atom is 4.00 e. The molecule has 2 fully saturated rings. The van der Waals surface area contributed by atoms with Crippen LogP contribution in [-0.2, 0) is 21.7 Å². The van der Waals surface area contributed by atoms with Gasteiger partial charge in [-0.05, 0) is 0 Å². The van der Waals surface area contributed by atoms with Crippen molar-refractivity contribution >= 4 is 48.1 Å². The minimum Gasteiger partial charge on any atom is -1.00 e. The fourth-order valence-electron chi connectivity index (χ4n) is 6.70. The maximum absolute atomic E-state index is 2.44. The Kier molecular flexibility index (Phi) is 11.6. The van der Waals surface area contributed by atoms with E-state index in [9.17, 15) is 0 Å². The van der Waals surface area contributed by atoms with Gasteiger partial charge in [0.15, 0.2) is 0 Å². The molecular formula is C30H38Cl2Si2Ti. The monoisotopic (exact) mass is 572 g/mol. The summed E-state index contributed by atoms with van der Waals surface area (Å²) in [5.41, 5.74) is 0. The van der Waals surface area contributed by atoms with E-state index in [1.165, 1.54) is 72.7 Å². The Balaban J connectivity index is 0.000000227. The van der Waals surface area contributed by atoms with E-state index in [-0.39, 0.29) is 46.5 Å². The summed E-state index contributed by atoms with van der Waals surface area (Å²) >= 11 is 0. The Morgan fingerprint density at radius 3 is 1.29 bits per heavy atom. The van der Waals surface area contributed by atoms with Crippen LogP contribution in [0.4, 0.5) is 0 Å². The molecule has 0 N–H and O–H groups in total. The molecule has 0 aliphatic carbocycles. The third-order valence-corrected chi connectivity index (χ3v) is 19.9. The first kappa shape index (κ1) is 30.6. The first-order chi connectivity index (χ1) is 15.7. The summed E-state index contributed by atoms with van der Waals surface area (Å²) in [5.74, 6) is 0. The minimum atomic E-state index is -1.03. The van der Waals surface area contributed by atoms with E-state index in [2.05, 4.69) is 86.6 Å². The Bertz CT molecular complexity index is 1090. The average Bonchev–Trinajstić information content (AvgIpc) is 3.39.